The summed E-state index contributed by atoms with van der Waals surface area (Å²) in [5.41, 5.74) is 4.53. The van der Waals surface area contributed by atoms with Crippen LogP contribution in [0.1, 0.15) is 113 Å². The largest absolute Gasteiger partial charge is 0.393 e. The van der Waals surface area contributed by atoms with Gasteiger partial charge < -0.3 is 5.11 Å². The third-order valence-electron chi connectivity index (χ3n) is 11.7. The summed E-state index contributed by atoms with van der Waals surface area (Å²) < 4.78 is 0. The van der Waals surface area contributed by atoms with Crippen LogP contribution in [0.15, 0.2) is 23.3 Å². The topological polar surface area (TPSA) is 20.2 Å². The van der Waals surface area contributed by atoms with Crippen molar-refractivity contribution in [3.05, 3.63) is 23.3 Å². The highest BCUT2D eigenvalue weighted by atomic mass is 16.3. The highest BCUT2D eigenvalue weighted by molar-refractivity contribution is 5.33. The predicted octanol–water partition coefficient (Wildman–Crippen LogP) is 8.34. The number of hydrogen-bond acceptors (Lipinski definition) is 1. The van der Waals surface area contributed by atoms with Crippen molar-refractivity contribution in [2.24, 2.45) is 45.3 Å². The van der Waals surface area contributed by atoms with Crippen LogP contribution in [0, 0.1) is 45.3 Å². The molecule has 4 aliphatic carbocycles. The van der Waals surface area contributed by atoms with E-state index in [2.05, 4.69) is 67.5 Å². The Labute approximate surface area is 193 Å². The zero-order valence-electron chi connectivity index (χ0n) is 21.9. The Bertz CT molecular complexity index is 754. The van der Waals surface area contributed by atoms with Gasteiger partial charge in [-0.2, -0.15) is 0 Å². The van der Waals surface area contributed by atoms with Crippen LogP contribution in [-0.2, 0) is 0 Å². The lowest BCUT2D eigenvalue weighted by Gasteiger charge is -2.64. The van der Waals surface area contributed by atoms with Crippen molar-refractivity contribution in [3.63, 3.8) is 0 Å². The Kier molecular flexibility index (Phi) is 5.90. The zero-order chi connectivity index (χ0) is 22.8. The van der Waals surface area contributed by atoms with E-state index in [-0.39, 0.29) is 11.5 Å². The molecule has 4 rings (SSSR count). The summed E-state index contributed by atoms with van der Waals surface area (Å²) in [7, 11) is 0. The molecule has 0 aromatic rings. The van der Waals surface area contributed by atoms with Crippen molar-refractivity contribution in [3.8, 4) is 0 Å². The van der Waals surface area contributed by atoms with Crippen molar-refractivity contribution in [2.45, 2.75) is 119 Å². The van der Waals surface area contributed by atoms with E-state index >= 15 is 0 Å². The second-order valence-corrected chi connectivity index (χ2v) is 13.7. The van der Waals surface area contributed by atoms with Gasteiger partial charge in [-0.3, -0.25) is 0 Å². The minimum atomic E-state index is -0.137. The fourth-order valence-corrected chi connectivity index (χ4v) is 9.49. The van der Waals surface area contributed by atoms with Gasteiger partial charge >= 0.3 is 0 Å². The summed E-state index contributed by atoms with van der Waals surface area (Å²) in [6.07, 6.45) is 16.5. The number of rotatable bonds is 4. The Morgan fingerprint density at radius 3 is 2.45 bits per heavy atom. The van der Waals surface area contributed by atoms with E-state index in [0.29, 0.717) is 22.2 Å². The smallest absolute Gasteiger partial charge is 0.0594 e. The molecule has 0 unspecified atom stereocenters. The van der Waals surface area contributed by atoms with Gasteiger partial charge in [-0.1, -0.05) is 64.8 Å². The molecule has 0 radical (unpaired) electrons. The van der Waals surface area contributed by atoms with E-state index in [0.717, 1.165) is 24.2 Å². The molecule has 4 aliphatic rings. The monoisotopic (exact) mass is 426 g/mol. The quantitative estimate of drug-likeness (QED) is 0.448. The maximum absolute atomic E-state index is 10.8. The third-order valence-corrected chi connectivity index (χ3v) is 11.7. The van der Waals surface area contributed by atoms with Crippen molar-refractivity contribution < 1.29 is 5.11 Å². The molecule has 1 N–H and O–H groups in total. The molecule has 0 aromatic carbocycles. The maximum atomic E-state index is 10.8. The van der Waals surface area contributed by atoms with Gasteiger partial charge in [0.1, 0.15) is 0 Å². The van der Waals surface area contributed by atoms with E-state index in [1.807, 2.05) is 5.57 Å². The Hall–Kier alpha value is -0.560. The summed E-state index contributed by atoms with van der Waals surface area (Å²) in [6, 6.07) is 0. The van der Waals surface area contributed by atoms with Crippen LogP contribution in [0.25, 0.3) is 0 Å². The van der Waals surface area contributed by atoms with Crippen molar-refractivity contribution >= 4 is 0 Å². The predicted molar refractivity (Wildman–Crippen MR) is 133 cm³/mol. The zero-order valence-corrected chi connectivity index (χ0v) is 21.9. The van der Waals surface area contributed by atoms with Crippen LogP contribution in [0.4, 0.5) is 0 Å². The van der Waals surface area contributed by atoms with E-state index in [1.54, 1.807) is 0 Å². The molecule has 1 nitrogen and oxygen atoms in total. The van der Waals surface area contributed by atoms with Gasteiger partial charge in [-0.25, -0.2) is 0 Å². The van der Waals surface area contributed by atoms with Crippen molar-refractivity contribution in [1.29, 1.82) is 0 Å². The average molecular weight is 427 g/mol. The molecule has 0 heterocycles. The van der Waals surface area contributed by atoms with Crippen LogP contribution in [0.5, 0.6) is 0 Å². The minimum absolute atomic E-state index is 0.0360. The summed E-state index contributed by atoms with van der Waals surface area (Å²) in [5.74, 6) is 3.02. The summed E-state index contributed by atoms with van der Waals surface area (Å²) in [5, 5.41) is 10.8. The van der Waals surface area contributed by atoms with Crippen LogP contribution >= 0.6 is 0 Å². The fourth-order valence-electron chi connectivity index (χ4n) is 9.49. The average Bonchev–Trinajstić information content (AvgIpc) is 2.96. The van der Waals surface area contributed by atoms with Gasteiger partial charge in [-0.05, 0) is 117 Å². The lowest BCUT2D eigenvalue weighted by Crippen LogP contribution is -2.58. The van der Waals surface area contributed by atoms with Crippen LogP contribution in [0.2, 0.25) is 0 Å². The number of aliphatic hydroxyl groups is 1. The SMILES string of the molecule is CC(C)=CCC[C@H](C)[C@@H]1CC[C@]2(C)C3=CC[C@H]4C(C)(C)[C@@H](O)CC[C@]4(C)[C@H]3CC[C@@]12C. The maximum Gasteiger partial charge on any atom is 0.0594 e. The lowest BCUT2D eigenvalue weighted by atomic mass is 9.41. The van der Waals surface area contributed by atoms with E-state index in [9.17, 15) is 5.11 Å². The number of aliphatic hydroxyl groups excluding tert-OH is 1. The minimum Gasteiger partial charge on any atom is -0.393 e. The molecule has 8 atom stereocenters. The molecule has 3 saturated carbocycles. The number of fused-ring (bicyclic) bond motifs is 5. The Balaban J connectivity index is 1.62. The molecule has 176 valence electrons. The first-order valence-corrected chi connectivity index (χ1v) is 13.4. The molecule has 1 heteroatoms. The molecule has 31 heavy (non-hydrogen) atoms. The highest BCUT2D eigenvalue weighted by Crippen LogP contribution is 2.73. The first-order chi connectivity index (χ1) is 14.4. The van der Waals surface area contributed by atoms with Crippen LogP contribution in [0.3, 0.4) is 0 Å². The lowest BCUT2D eigenvalue weighted by molar-refractivity contribution is -0.131. The first kappa shape index (κ1) is 23.6. The Morgan fingerprint density at radius 1 is 1.06 bits per heavy atom. The summed E-state index contributed by atoms with van der Waals surface area (Å²) >= 11 is 0. The molecule has 0 aliphatic heterocycles. The molecule has 0 amide bonds. The molecule has 3 fully saturated rings. The molecular weight excluding hydrogens is 376 g/mol. The fraction of sp³-hybridized carbons (Fsp3) is 0.867. The second kappa shape index (κ2) is 7.75. The second-order valence-electron chi connectivity index (χ2n) is 13.7. The standard InChI is InChI=1S/C30H50O/c1-20(2)10-9-11-21(3)22-14-18-30(8)24-12-13-25-27(4,5)26(31)16-17-28(25,6)23(24)15-19-29(22,30)7/h10,12,21-23,25-26,31H,9,11,13-19H2,1-8H3/t21-,22-,23-,25-,26-,28+,29-,30+/m0/s1. The van der Waals surface area contributed by atoms with Crippen molar-refractivity contribution in [2.75, 3.05) is 0 Å². The van der Waals surface area contributed by atoms with Gasteiger partial charge in [-0.15, -0.1) is 0 Å². The number of hydrogen-bond donors (Lipinski definition) is 1. The van der Waals surface area contributed by atoms with Gasteiger partial charge in [0.05, 0.1) is 6.10 Å². The normalized spacial score (nSPS) is 46.9. The Morgan fingerprint density at radius 2 is 1.77 bits per heavy atom. The third kappa shape index (κ3) is 3.34. The molecule has 0 aromatic heterocycles. The van der Waals surface area contributed by atoms with Gasteiger partial charge in [0, 0.05) is 0 Å². The molecular formula is C30H50O. The van der Waals surface area contributed by atoms with Crippen molar-refractivity contribution in [1.82, 2.24) is 0 Å². The summed E-state index contributed by atoms with van der Waals surface area (Å²) in [4.78, 5) is 0. The van der Waals surface area contributed by atoms with Gasteiger partial charge in [0.15, 0.2) is 0 Å². The van der Waals surface area contributed by atoms with E-state index in [1.165, 1.54) is 56.9 Å². The van der Waals surface area contributed by atoms with E-state index in [4.69, 9.17) is 0 Å². The summed E-state index contributed by atoms with van der Waals surface area (Å²) in [6.45, 7) is 19.6. The van der Waals surface area contributed by atoms with Gasteiger partial charge in [0.2, 0.25) is 0 Å². The highest BCUT2D eigenvalue weighted by Gasteiger charge is 2.65. The van der Waals surface area contributed by atoms with Gasteiger partial charge in [0.25, 0.3) is 0 Å². The van der Waals surface area contributed by atoms with Crippen LogP contribution < -0.4 is 0 Å². The molecule has 0 spiro atoms. The number of allylic oxidation sites excluding steroid dienone is 4. The van der Waals surface area contributed by atoms with Crippen LogP contribution in [-0.4, -0.2) is 11.2 Å². The molecule has 0 bridgehead atoms. The van der Waals surface area contributed by atoms with E-state index < -0.39 is 0 Å². The molecule has 0 saturated heterocycles. The first-order valence-electron chi connectivity index (χ1n) is 13.4.